The Balaban J connectivity index is 2.18. The van der Waals surface area contributed by atoms with E-state index in [0.717, 1.165) is 13.1 Å². The number of aromatic nitrogens is 2. The van der Waals surface area contributed by atoms with Crippen LogP contribution in [0.3, 0.4) is 0 Å². The van der Waals surface area contributed by atoms with Crippen molar-refractivity contribution in [3.05, 3.63) is 12.3 Å². The van der Waals surface area contributed by atoms with Gasteiger partial charge in [0, 0.05) is 19.2 Å². The summed E-state index contributed by atoms with van der Waals surface area (Å²) in [6, 6.07) is 1.93. The van der Waals surface area contributed by atoms with Crippen LogP contribution in [0.1, 0.15) is 19.9 Å². The first kappa shape index (κ1) is 11.4. The maximum atomic E-state index is 11.7. The highest BCUT2D eigenvalue weighted by atomic mass is 32.2. The van der Waals surface area contributed by atoms with Crippen LogP contribution in [0.15, 0.2) is 12.3 Å². The first-order valence-corrected chi connectivity index (χ1v) is 6.81. The molecule has 2 N–H and O–H groups in total. The van der Waals surface area contributed by atoms with Gasteiger partial charge < -0.3 is 5.32 Å². The van der Waals surface area contributed by atoms with Gasteiger partial charge in [-0.25, -0.2) is 13.1 Å². The molecule has 0 radical (unpaired) electrons. The van der Waals surface area contributed by atoms with Gasteiger partial charge >= 0.3 is 0 Å². The van der Waals surface area contributed by atoms with Gasteiger partial charge in [-0.15, -0.1) is 0 Å². The molecule has 6 nitrogen and oxygen atoms in total. The molecular formula is C9H16N4O2S. The smallest absolute Gasteiger partial charge is 0.236 e. The highest BCUT2D eigenvalue weighted by molar-refractivity contribution is 7.93. The number of nitrogens with zero attached hydrogens (tertiary/aromatic N) is 2. The van der Waals surface area contributed by atoms with Crippen molar-refractivity contribution in [3.8, 4) is 0 Å². The SMILES string of the molecule is CC(C)S(=O)(=O)Nc1ccnn1C1CNC1. The minimum atomic E-state index is -3.29. The van der Waals surface area contributed by atoms with E-state index < -0.39 is 15.3 Å². The average Bonchev–Trinajstić information content (AvgIpc) is 2.49. The Labute approximate surface area is 95.1 Å². The standard InChI is InChI=1S/C9H16N4O2S/c1-7(2)16(14,15)12-9-3-4-11-13(9)8-5-10-6-8/h3-4,7-8,10,12H,5-6H2,1-2H3. The highest BCUT2D eigenvalue weighted by Crippen LogP contribution is 2.19. The number of anilines is 1. The highest BCUT2D eigenvalue weighted by Gasteiger charge is 2.24. The monoisotopic (exact) mass is 244 g/mol. The van der Waals surface area contributed by atoms with E-state index in [9.17, 15) is 8.42 Å². The summed E-state index contributed by atoms with van der Waals surface area (Å²) in [7, 11) is -3.29. The average molecular weight is 244 g/mol. The van der Waals surface area contributed by atoms with E-state index in [2.05, 4.69) is 15.1 Å². The van der Waals surface area contributed by atoms with Crippen molar-refractivity contribution in [2.75, 3.05) is 17.8 Å². The first-order chi connectivity index (χ1) is 7.50. The zero-order valence-electron chi connectivity index (χ0n) is 9.34. The number of nitrogens with one attached hydrogen (secondary N) is 2. The molecule has 0 unspecified atom stereocenters. The van der Waals surface area contributed by atoms with Gasteiger partial charge in [-0.3, -0.25) is 4.72 Å². The lowest BCUT2D eigenvalue weighted by atomic mass is 10.2. The van der Waals surface area contributed by atoms with Crippen molar-refractivity contribution in [1.82, 2.24) is 15.1 Å². The lowest BCUT2D eigenvalue weighted by molar-refractivity contribution is 0.322. The first-order valence-electron chi connectivity index (χ1n) is 5.26. The molecule has 1 aromatic heterocycles. The summed E-state index contributed by atoms with van der Waals surface area (Å²) in [5.41, 5.74) is 0. The Hall–Kier alpha value is -1.08. The second-order valence-electron chi connectivity index (χ2n) is 4.17. The molecule has 1 saturated heterocycles. The normalized spacial score (nSPS) is 17.4. The van der Waals surface area contributed by atoms with Gasteiger partial charge in [-0.2, -0.15) is 5.10 Å². The number of rotatable bonds is 4. The molecule has 16 heavy (non-hydrogen) atoms. The van der Waals surface area contributed by atoms with E-state index >= 15 is 0 Å². The number of hydrogen-bond acceptors (Lipinski definition) is 4. The van der Waals surface area contributed by atoms with Gasteiger partial charge in [0.2, 0.25) is 10.0 Å². The Morgan fingerprint density at radius 3 is 2.75 bits per heavy atom. The summed E-state index contributed by atoms with van der Waals surface area (Å²) in [5.74, 6) is 0.542. The van der Waals surface area contributed by atoms with E-state index in [1.807, 2.05) is 0 Å². The quantitative estimate of drug-likeness (QED) is 0.792. The fraction of sp³-hybridized carbons (Fsp3) is 0.667. The van der Waals surface area contributed by atoms with E-state index in [1.54, 1.807) is 30.8 Å². The largest absolute Gasteiger partial charge is 0.312 e. The lowest BCUT2D eigenvalue weighted by Gasteiger charge is -2.29. The molecule has 0 aliphatic carbocycles. The lowest BCUT2D eigenvalue weighted by Crippen LogP contribution is -2.44. The number of sulfonamides is 1. The maximum Gasteiger partial charge on any atom is 0.236 e. The molecule has 0 spiro atoms. The molecule has 0 saturated carbocycles. The van der Waals surface area contributed by atoms with Crippen LogP contribution < -0.4 is 10.0 Å². The zero-order valence-corrected chi connectivity index (χ0v) is 10.2. The fourth-order valence-electron chi connectivity index (χ4n) is 1.40. The van der Waals surface area contributed by atoms with Crippen molar-refractivity contribution in [3.63, 3.8) is 0 Å². The van der Waals surface area contributed by atoms with E-state index in [4.69, 9.17) is 0 Å². The molecule has 0 atom stereocenters. The summed E-state index contributed by atoms with van der Waals surface area (Å²) >= 11 is 0. The topological polar surface area (TPSA) is 76.0 Å². The van der Waals surface area contributed by atoms with Crippen LogP contribution >= 0.6 is 0 Å². The molecule has 1 aliphatic heterocycles. The molecule has 2 heterocycles. The van der Waals surface area contributed by atoms with Crippen LogP contribution in [0.2, 0.25) is 0 Å². The second-order valence-corrected chi connectivity index (χ2v) is 6.41. The van der Waals surface area contributed by atoms with Crippen molar-refractivity contribution >= 4 is 15.8 Å². The summed E-state index contributed by atoms with van der Waals surface area (Å²) in [6.45, 7) is 4.96. The van der Waals surface area contributed by atoms with Gasteiger partial charge in [0.05, 0.1) is 17.5 Å². The van der Waals surface area contributed by atoms with Crippen LogP contribution in [-0.4, -0.2) is 36.5 Å². The van der Waals surface area contributed by atoms with Crippen LogP contribution in [-0.2, 0) is 10.0 Å². The van der Waals surface area contributed by atoms with Crippen LogP contribution in [0.25, 0.3) is 0 Å². The molecule has 7 heteroatoms. The Morgan fingerprint density at radius 2 is 2.25 bits per heavy atom. The van der Waals surface area contributed by atoms with Crippen molar-refractivity contribution in [2.45, 2.75) is 25.1 Å². The molecule has 1 aliphatic rings. The predicted molar refractivity (Wildman–Crippen MR) is 61.8 cm³/mol. The number of hydrogen-bond donors (Lipinski definition) is 2. The summed E-state index contributed by atoms with van der Waals surface area (Å²) < 4.78 is 27.7. The Kier molecular flexibility index (Phi) is 2.90. The van der Waals surface area contributed by atoms with Crippen LogP contribution in [0.5, 0.6) is 0 Å². The molecule has 0 amide bonds. The van der Waals surface area contributed by atoms with Gasteiger partial charge in [-0.1, -0.05) is 0 Å². The van der Waals surface area contributed by atoms with Crippen LogP contribution in [0, 0.1) is 0 Å². The Morgan fingerprint density at radius 1 is 1.56 bits per heavy atom. The molecule has 2 rings (SSSR count). The summed E-state index contributed by atoms with van der Waals surface area (Å²) in [6.07, 6.45) is 1.61. The van der Waals surface area contributed by atoms with Crippen LogP contribution in [0.4, 0.5) is 5.82 Å². The molecule has 90 valence electrons. The molecule has 1 fully saturated rings. The van der Waals surface area contributed by atoms with Gasteiger partial charge in [0.25, 0.3) is 0 Å². The molecule has 1 aromatic rings. The summed E-state index contributed by atoms with van der Waals surface area (Å²) in [5, 5.41) is 6.81. The summed E-state index contributed by atoms with van der Waals surface area (Å²) in [4.78, 5) is 0. The van der Waals surface area contributed by atoms with E-state index in [0.29, 0.717) is 5.82 Å². The molecular weight excluding hydrogens is 228 g/mol. The van der Waals surface area contributed by atoms with E-state index in [1.165, 1.54) is 0 Å². The third kappa shape index (κ3) is 2.05. The predicted octanol–water partition coefficient (Wildman–Crippen LogP) is 0.177. The van der Waals surface area contributed by atoms with Gasteiger partial charge in [0.15, 0.2) is 0 Å². The fourth-order valence-corrected chi connectivity index (χ4v) is 2.08. The molecule has 0 bridgehead atoms. The van der Waals surface area contributed by atoms with Crippen molar-refractivity contribution < 1.29 is 8.42 Å². The zero-order chi connectivity index (χ0) is 11.8. The minimum absolute atomic E-state index is 0.250. The second kappa shape index (κ2) is 4.06. The third-order valence-electron chi connectivity index (χ3n) is 2.64. The maximum absolute atomic E-state index is 11.7. The van der Waals surface area contributed by atoms with E-state index in [-0.39, 0.29) is 6.04 Å². The van der Waals surface area contributed by atoms with Crippen molar-refractivity contribution in [1.29, 1.82) is 0 Å². The Bertz CT molecular complexity index is 462. The van der Waals surface area contributed by atoms with Gasteiger partial charge in [-0.05, 0) is 13.8 Å². The van der Waals surface area contributed by atoms with Gasteiger partial charge in [0.1, 0.15) is 5.82 Å². The van der Waals surface area contributed by atoms with Crippen molar-refractivity contribution in [2.24, 2.45) is 0 Å². The third-order valence-corrected chi connectivity index (χ3v) is 4.38. The molecule has 0 aromatic carbocycles. The minimum Gasteiger partial charge on any atom is -0.312 e.